The van der Waals surface area contributed by atoms with Gasteiger partial charge in [0.1, 0.15) is 11.6 Å². The molecule has 3 aromatic carbocycles. The van der Waals surface area contributed by atoms with Gasteiger partial charge in [0, 0.05) is 12.0 Å². The summed E-state index contributed by atoms with van der Waals surface area (Å²) in [5, 5.41) is 9.08. The minimum absolute atomic E-state index is 0.240. The molecule has 29 heavy (non-hydrogen) atoms. The number of carboxylic acid groups (broad SMARTS) is 1. The quantitative estimate of drug-likeness (QED) is 0.442. The molecule has 0 saturated heterocycles. The molecule has 1 atom stereocenters. The summed E-state index contributed by atoms with van der Waals surface area (Å²) in [6.07, 6.45) is 0.821. The fourth-order valence-electron chi connectivity index (χ4n) is 2.98. The maximum atomic E-state index is 14.6. The lowest BCUT2D eigenvalue weighted by Gasteiger charge is -2.11. The van der Waals surface area contributed by atoms with E-state index in [1.807, 2.05) is 30.3 Å². The molecule has 0 spiro atoms. The molecule has 0 aliphatic rings. The van der Waals surface area contributed by atoms with Crippen molar-refractivity contribution >= 4 is 11.9 Å². The molecule has 4 nitrogen and oxygen atoms in total. The number of ether oxygens (including phenoxy) is 1. The van der Waals surface area contributed by atoms with Gasteiger partial charge in [-0.3, -0.25) is 9.59 Å². The summed E-state index contributed by atoms with van der Waals surface area (Å²) >= 11 is 0. The van der Waals surface area contributed by atoms with Gasteiger partial charge in [-0.25, -0.2) is 4.39 Å². The zero-order valence-corrected chi connectivity index (χ0v) is 16.0. The van der Waals surface area contributed by atoms with Crippen LogP contribution in [0, 0.1) is 5.82 Å². The molecule has 0 heterocycles. The highest BCUT2D eigenvalue weighted by atomic mass is 19.1. The van der Waals surface area contributed by atoms with E-state index in [1.54, 1.807) is 36.4 Å². The van der Waals surface area contributed by atoms with Crippen molar-refractivity contribution in [1.29, 1.82) is 0 Å². The Bertz CT molecular complexity index is 1010. The van der Waals surface area contributed by atoms with E-state index in [-0.39, 0.29) is 12.4 Å². The molecular formula is C24H21FO4. The molecule has 1 unspecified atom stereocenters. The molecule has 0 bridgehead atoms. The standard InChI is InChI=1S/C24H21FO4/c1-16(24(27)28)18-11-12-21(22(25)15-18)19-8-5-9-20(14-19)29-23(26)13-10-17-6-3-2-4-7-17/h2-9,11-12,14-16H,10,13H2,1H3,(H,27,28). The number of rotatable bonds is 7. The van der Waals surface area contributed by atoms with Crippen LogP contribution in [0.5, 0.6) is 5.75 Å². The molecule has 0 aromatic heterocycles. The Morgan fingerprint density at radius 2 is 1.76 bits per heavy atom. The molecule has 3 rings (SSSR count). The number of hydrogen-bond donors (Lipinski definition) is 1. The number of benzene rings is 3. The van der Waals surface area contributed by atoms with Crippen LogP contribution in [0.25, 0.3) is 11.1 Å². The summed E-state index contributed by atoms with van der Waals surface area (Å²) in [7, 11) is 0. The lowest BCUT2D eigenvalue weighted by atomic mass is 9.97. The zero-order valence-electron chi connectivity index (χ0n) is 16.0. The SMILES string of the molecule is CC(C(=O)O)c1ccc(-c2cccc(OC(=O)CCc3ccccc3)c2)c(F)c1. The molecule has 148 valence electrons. The fraction of sp³-hybridized carbons (Fsp3) is 0.167. The van der Waals surface area contributed by atoms with Gasteiger partial charge in [0.2, 0.25) is 0 Å². The van der Waals surface area contributed by atoms with Gasteiger partial charge in [0.25, 0.3) is 0 Å². The van der Waals surface area contributed by atoms with Gasteiger partial charge in [-0.1, -0.05) is 54.6 Å². The predicted molar refractivity (Wildman–Crippen MR) is 108 cm³/mol. The number of aryl methyl sites for hydroxylation is 1. The van der Waals surface area contributed by atoms with Crippen LogP contribution in [0.2, 0.25) is 0 Å². The number of carboxylic acids is 1. The molecule has 0 saturated carbocycles. The minimum atomic E-state index is -1.01. The van der Waals surface area contributed by atoms with Gasteiger partial charge in [0.15, 0.2) is 0 Å². The first kappa shape index (κ1) is 20.3. The average Bonchev–Trinajstić information content (AvgIpc) is 2.72. The molecule has 0 radical (unpaired) electrons. The van der Waals surface area contributed by atoms with Crippen LogP contribution >= 0.6 is 0 Å². The van der Waals surface area contributed by atoms with Gasteiger partial charge in [-0.2, -0.15) is 0 Å². The van der Waals surface area contributed by atoms with Crippen molar-refractivity contribution in [2.75, 3.05) is 0 Å². The number of aliphatic carboxylic acids is 1. The van der Waals surface area contributed by atoms with Crippen LogP contribution in [0.15, 0.2) is 72.8 Å². The predicted octanol–water partition coefficient (Wildman–Crippen LogP) is 5.22. The second-order valence-corrected chi connectivity index (χ2v) is 6.79. The summed E-state index contributed by atoms with van der Waals surface area (Å²) in [6.45, 7) is 1.51. The highest BCUT2D eigenvalue weighted by Gasteiger charge is 2.16. The van der Waals surface area contributed by atoms with Crippen LogP contribution in [0.4, 0.5) is 4.39 Å². The van der Waals surface area contributed by atoms with Crippen molar-refractivity contribution in [3.63, 3.8) is 0 Å². The Hall–Kier alpha value is -3.47. The number of hydrogen-bond acceptors (Lipinski definition) is 3. The van der Waals surface area contributed by atoms with Crippen molar-refractivity contribution in [2.24, 2.45) is 0 Å². The fourth-order valence-corrected chi connectivity index (χ4v) is 2.98. The van der Waals surface area contributed by atoms with Gasteiger partial charge in [0.05, 0.1) is 5.92 Å². The molecule has 3 aromatic rings. The third kappa shape index (κ3) is 5.29. The van der Waals surface area contributed by atoms with Crippen LogP contribution in [-0.4, -0.2) is 17.0 Å². The van der Waals surface area contributed by atoms with E-state index >= 15 is 0 Å². The van der Waals surface area contributed by atoms with Gasteiger partial charge in [-0.15, -0.1) is 0 Å². The first-order valence-electron chi connectivity index (χ1n) is 9.31. The maximum Gasteiger partial charge on any atom is 0.311 e. The third-order valence-corrected chi connectivity index (χ3v) is 4.70. The molecular weight excluding hydrogens is 371 g/mol. The molecule has 0 aliphatic heterocycles. The minimum Gasteiger partial charge on any atom is -0.481 e. The van der Waals surface area contributed by atoms with E-state index < -0.39 is 17.7 Å². The first-order chi connectivity index (χ1) is 13.9. The summed E-state index contributed by atoms with van der Waals surface area (Å²) in [6, 6.07) is 20.6. The van der Waals surface area contributed by atoms with Gasteiger partial charge < -0.3 is 9.84 Å². The van der Waals surface area contributed by atoms with Crippen LogP contribution < -0.4 is 4.74 Å². The van der Waals surface area contributed by atoms with Gasteiger partial charge >= 0.3 is 11.9 Å². The summed E-state index contributed by atoms with van der Waals surface area (Å²) in [5.41, 5.74) is 2.30. The van der Waals surface area contributed by atoms with E-state index in [9.17, 15) is 14.0 Å². The van der Waals surface area contributed by atoms with E-state index in [1.165, 1.54) is 13.0 Å². The van der Waals surface area contributed by atoms with E-state index in [0.29, 0.717) is 28.9 Å². The molecule has 0 aliphatic carbocycles. The molecule has 0 fully saturated rings. The molecule has 5 heteroatoms. The number of carbonyl (C=O) groups excluding carboxylic acids is 1. The normalized spacial score (nSPS) is 11.7. The number of carbonyl (C=O) groups is 2. The summed E-state index contributed by atoms with van der Waals surface area (Å²) in [5.74, 6) is -2.36. The van der Waals surface area contributed by atoms with Crippen molar-refractivity contribution in [3.05, 3.63) is 89.7 Å². The maximum absolute atomic E-state index is 14.6. The third-order valence-electron chi connectivity index (χ3n) is 4.70. The van der Waals surface area contributed by atoms with Crippen molar-refractivity contribution in [2.45, 2.75) is 25.7 Å². The average molecular weight is 392 g/mol. The van der Waals surface area contributed by atoms with Gasteiger partial charge in [-0.05, 0) is 48.2 Å². The summed E-state index contributed by atoms with van der Waals surface area (Å²) < 4.78 is 20.0. The van der Waals surface area contributed by atoms with Crippen LogP contribution in [0.3, 0.4) is 0 Å². The smallest absolute Gasteiger partial charge is 0.311 e. The number of esters is 1. The van der Waals surface area contributed by atoms with E-state index in [4.69, 9.17) is 9.84 Å². The lowest BCUT2D eigenvalue weighted by Crippen LogP contribution is -2.09. The second kappa shape index (κ2) is 9.15. The van der Waals surface area contributed by atoms with Crippen LogP contribution in [-0.2, 0) is 16.0 Å². The highest BCUT2D eigenvalue weighted by molar-refractivity contribution is 5.77. The zero-order chi connectivity index (χ0) is 20.8. The lowest BCUT2D eigenvalue weighted by molar-refractivity contribution is -0.138. The molecule has 1 N–H and O–H groups in total. The topological polar surface area (TPSA) is 63.6 Å². The molecule has 0 amide bonds. The summed E-state index contributed by atoms with van der Waals surface area (Å²) in [4.78, 5) is 23.2. The van der Waals surface area contributed by atoms with Crippen molar-refractivity contribution in [1.82, 2.24) is 0 Å². The Balaban J connectivity index is 1.70. The van der Waals surface area contributed by atoms with Crippen LogP contribution in [0.1, 0.15) is 30.4 Å². The van der Waals surface area contributed by atoms with Crippen molar-refractivity contribution < 1.29 is 23.8 Å². The van der Waals surface area contributed by atoms with E-state index in [0.717, 1.165) is 5.56 Å². The Morgan fingerprint density at radius 1 is 1.00 bits per heavy atom. The van der Waals surface area contributed by atoms with Crippen molar-refractivity contribution in [3.8, 4) is 16.9 Å². The Kier molecular flexibility index (Phi) is 6.39. The second-order valence-electron chi connectivity index (χ2n) is 6.79. The Morgan fingerprint density at radius 3 is 2.45 bits per heavy atom. The largest absolute Gasteiger partial charge is 0.481 e. The Labute approximate surface area is 168 Å². The number of halogens is 1. The van der Waals surface area contributed by atoms with E-state index in [2.05, 4.69) is 0 Å². The monoisotopic (exact) mass is 392 g/mol. The highest BCUT2D eigenvalue weighted by Crippen LogP contribution is 2.29. The first-order valence-corrected chi connectivity index (χ1v) is 9.31.